The zero-order chi connectivity index (χ0) is 22.7. The molecule has 2 saturated heterocycles. The Balaban J connectivity index is 1.76. The number of nitrogens with zero attached hydrogens (tertiary/aromatic N) is 1. The highest BCUT2D eigenvalue weighted by molar-refractivity contribution is 6.83. The van der Waals surface area contributed by atoms with Gasteiger partial charge in [-0.05, 0) is 22.2 Å². The maximum atomic E-state index is 11.7. The number of fused-ring (bicyclic) bond motifs is 5. The average Bonchev–Trinajstić information content (AvgIpc) is 3.16. The van der Waals surface area contributed by atoms with Gasteiger partial charge in [0.2, 0.25) is 5.88 Å². The van der Waals surface area contributed by atoms with E-state index in [0.29, 0.717) is 12.5 Å². The first-order valence-corrected chi connectivity index (χ1v) is 15.4. The molecule has 0 saturated carbocycles. The Hall–Kier alpha value is -1.05. The molecule has 0 aliphatic carbocycles. The second kappa shape index (κ2) is 8.07. The average molecular weight is 469 g/mol. The molecule has 0 aromatic carbocycles. The normalized spacial score (nSPS) is 31.4. The van der Waals surface area contributed by atoms with E-state index < -0.39 is 22.8 Å². The van der Waals surface area contributed by atoms with Gasteiger partial charge in [0.1, 0.15) is 18.3 Å². The molecule has 0 amide bonds. The number of aromatic nitrogens is 2. The highest BCUT2D eigenvalue weighted by atomic mass is 28.5. The van der Waals surface area contributed by atoms with E-state index >= 15 is 0 Å². The van der Waals surface area contributed by atoms with Crippen LogP contribution in [0.3, 0.4) is 0 Å². The molecule has 8 nitrogen and oxygen atoms in total. The van der Waals surface area contributed by atoms with E-state index in [9.17, 15) is 4.79 Å². The van der Waals surface area contributed by atoms with Gasteiger partial charge in [-0.1, -0.05) is 55.4 Å². The predicted molar refractivity (Wildman–Crippen MR) is 121 cm³/mol. The molecule has 3 aliphatic rings. The number of hydrogen-bond donors (Lipinski definition) is 1. The zero-order valence-corrected chi connectivity index (χ0v) is 21.8. The zero-order valence-electron chi connectivity index (χ0n) is 19.8. The third-order valence-corrected chi connectivity index (χ3v) is 17.3. The van der Waals surface area contributed by atoms with Gasteiger partial charge >= 0.3 is 22.8 Å². The number of nitrogens with one attached hydrogen (secondary N) is 1. The molecule has 1 aromatic heterocycles. The van der Waals surface area contributed by atoms with Gasteiger partial charge in [0.15, 0.2) is 6.10 Å². The van der Waals surface area contributed by atoms with Crippen LogP contribution in [-0.4, -0.2) is 52.0 Å². The van der Waals surface area contributed by atoms with Crippen LogP contribution < -0.4 is 10.4 Å². The van der Waals surface area contributed by atoms with Gasteiger partial charge in [0.25, 0.3) is 0 Å². The fraction of sp³-hybridized carbons (Fsp3) is 0.810. The number of H-pyrrole nitrogens is 1. The molecule has 10 heteroatoms. The van der Waals surface area contributed by atoms with Gasteiger partial charge in [-0.25, -0.2) is 9.78 Å². The van der Waals surface area contributed by atoms with E-state index in [1.807, 2.05) is 0 Å². The minimum Gasteiger partial charge on any atom is -0.469 e. The Kier molecular flexibility index (Phi) is 6.02. The van der Waals surface area contributed by atoms with E-state index in [0.717, 1.165) is 5.56 Å². The molecule has 0 bridgehead atoms. The van der Waals surface area contributed by atoms with Gasteiger partial charge in [0, 0.05) is 6.20 Å². The fourth-order valence-corrected chi connectivity index (χ4v) is 16.6. The van der Waals surface area contributed by atoms with Gasteiger partial charge in [-0.2, -0.15) is 0 Å². The smallest absolute Gasteiger partial charge is 0.347 e. The lowest BCUT2D eigenvalue weighted by molar-refractivity contribution is -0.0410. The van der Waals surface area contributed by atoms with E-state index in [1.165, 1.54) is 0 Å². The second-order valence-electron chi connectivity index (χ2n) is 10.2. The van der Waals surface area contributed by atoms with E-state index in [1.54, 1.807) is 6.20 Å². The van der Waals surface area contributed by atoms with Crippen molar-refractivity contribution in [3.63, 3.8) is 0 Å². The van der Waals surface area contributed by atoms with Crippen molar-refractivity contribution in [3.8, 4) is 5.88 Å². The molecule has 0 spiro atoms. The van der Waals surface area contributed by atoms with Crippen LogP contribution in [0.4, 0.5) is 0 Å². The molecule has 0 radical (unpaired) electrons. The van der Waals surface area contributed by atoms with Crippen LogP contribution in [0.2, 0.25) is 22.2 Å². The standard InChI is InChI=1S/C21H36N2O6Si2/c1-11(2)30(12(3)4)25-10-16-18(28-31(29-30,13(5)6)14(7)8)19-17(26-16)15-9-22-21(24)23-20(15)27-19/h9,11-14,16-19H,10H2,1-8H3,(H,22,23,24)/t16-,17+,18+,19?/m1/s1. The minimum atomic E-state index is -2.75. The molecule has 1 unspecified atom stereocenters. The van der Waals surface area contributed by atoms with Crippen molar-refractivity contribution in [2.45, 2.75) is 102 Å². The molecular weight excluding hydrogens is 432 g/mol. The number of hydrogen-bond acceptors (Lipinski definition) is 7. The van der Waals surface area contributed by atoms with Gasteiger partial charge < -0.3 is 22.4 Å². The summed E-state index contributed by atoms with van der Waals surface area (Å²) in [5.41, 5.74) is 1.34. The summed E-state index contributed by atoms with van der Waals surface area (Å²) >= 11 is 0. The van der Waals surface area contributed by atoms with Crippen LogP contribution in [0.1, 0.15) is 67.1 Å². The maximum absolute atomic E-state index is 11.7. The van der Waals surface area contributed by atoms with Crippen molar-refractivity contribution in [1.82, 2.24) is 9.97 Å². The third-order valence-electron chi connectivity index (χ3n) is 7.01. The van der Waals surface area contributed by atoms with Crippen molar-refractivity contribution in [1.29, 1.82) is 0 Å². The summed E-state index contributed by atoms with van der Waals surface area (Å²) in [6.45, 7) is 18.0. The van der Waals surface area contributed by atoms with Crippen LogP contribution in [0.15, 0.2) is 11.0 Å². The second-order valence-corrected chi connectivity index (χ2v) is 19.1. The first-order chi connectivity index (χ1) is 14.5. The predicted octanol–water partition coefficient (Wildman–Crippen LogP) is 3.93. The Morgan fingerprint density at radius 3 is 2.16 bits per heavy atom. The third kappa shape index (κ3) is 3.55. The topological polar surface area (TPSA) is 91.9 Å². The molecule has 1 aromatic rings. The molecule has 4 heterocycles. The highest BCUT2D eigenvalue weighted by Gasteiger charge is 2.63. The molecule has 4 atom stereocenters. The van der Waals surface area contributed by atoms with E-state index in [4.69, 9.17) is 22.4 Å². The Morgan fingerprint density at radius 1 is 0.968 bits per heavy atom. The summed E-state index contributed by atoms with van der Waals surface area (Å²) in [6.07, 6.45) is 0.267. The van der Waals surface area contributed by atoms with E-state index in [-0.39, 0.29) is 46.6 Å². The van der Waals surface area contributed by atoms with Crippen LogP contribution in [-0.2, 0) is 17.7 Å². The molecule has 3 aliphatic heterocycles. The van der Waals surface area contributed by atoms with Gasteiger partial charge in [0.05, 0.1) is 12.2 Å². The minimum absolute atomic E-state index is 0.225. The molecule has 174 valence electrons. The van der Waals surface area contributed by atoms with Crippen LogP contribution in [0.5, 0.6) is 5.88 Å². The van der Waals surface area contributed by atoms with Crippen molar-refractivity contribution >= 4 is 17.1 Å². The lowest BCUT2D eigenvalue weighted by atomic mass is 10.1. The van der Waals surface area contributed by atoms with Crippen LogP contribution in [0.25, 0.3) is 0 Å². The molecule has 31 heavy (non-hydrogen) atoms. The van der Waals surface area contributed by atoms with Gasteiger partial charge in [-0.15, -0.1) is 0 Å². The number of aromatic amines is 1. The van der Waals surface area contributed by atoms with Crippen molar-refractivity contribution in [3.05, 3.63) is 22.2 Å². The molecule has 2 fully saturated rings. The summed E-state index contributed by atoms with van der Waals surface area (Å²) in [5.74, 6) is 0.426. The SMILES string of the molecule is CC(C)[Si]1(C(C)C)OC[C@H]2O[C@H]3c4cnc(=O)[nH]c4OC3[C@H]2O[Si](C(C)C)(C(C)C)O1. The summed E-state index contributed by atoms with van der Waals surface area (Å²) < 4.78 is 33.6. The number of rotatable bonds is 4. The molecule has 4 rings (SSSR count). The van der Waals surface area contributed by atoms with E-state index in [2.05, 4.69) is 65.4 Å². The Bertz CT molecular complexity index is 858. The summed E-state index contributed by atoms with van der Waals surface area (Å²) in [7, 11) is -5.35. The summed E-state index contributed by atoms with van der Waals surface area (Å²) in [4.78, 5) is 18.2. The quantitative estimate of drug-likeness (QED) is 0.669. The van der Waals surface area contributed by atoms with Crippen LogP contribution in [0, 0.1) is 0 Å². The number of ether oxygens (including phenoxy) is 2. The van der Waals surface area contributed by atoms with Gasteiger partial charge in [-0.3, -0.25) is 4.98 Å². The van der Waals surface area contributed by atoms with Crippen molar-refractivity contribution in [2.24, 2.45) is 0 Å². The Morgan fingerprint density at radius 2 is 1.58 bits per heavy atom. The largest absolute Gasteiger partial charge is 0.469 e. The van der Waals surface area contributed by atoms with Crippen molar-refractivity contribution in [2.75, 3.05) is 6.61 Å². The highest BCUT2D eigenvalue weighted by Crippen LogP contribution is 2.51. The van der Waals surface area contributed by atoms with Crippen LogP contribution >= 0.6 is 0 Å². The lowest BCUT2D eigenvalue weighted by Crippen LogP contribution is -2.66. The van der Waals surface area contributed by atoms with Crippen molar-refractivity contribution < 1.29 is 22.4 Å². The molecule has 1 N–H and O–H groups in total. The lowest BCUT2D eigenvalue weighted by Gasteiger charge is -2.51. The summed E-state index contributed by atoms with van der Waals surface area (Å²) in [5, 5.41) is 0. The Labute approximate surface area is 186 Å². The summed E-state index contributed by atoms with van der Waals surface area (Å²) in [6, 6.07) is 0. The first kappa shape index (κ1) is 23.1. The fourth-order valence-electron chi connectivity index (χ4n) is 5.35. The molecular formula is C21H36N2O6Si2. The first-order valence-electron chi connectivity index (χ1n) is 11.4. The maximum Gasteiger partial charge on any atom is 0.347 e. The monoisotopic (exact) mass is 468 g/mol.